The number of thiol groups is 2. The number of benzene rings is 2. The number of hydrogen-bond acceptors (Lipinski definition) is 21. The molecule has 114 heavy (non-hydrogen) atoms. The van der Waals surface area contributed by atoms with Crippen molar-refractivity contribution >= 4 is 148 Å². The molecule has 2 aromatic carbocycles. The van der Waals surface area contributed by atoms with E-state index in [0.29, 0.717) is 39.4 Å². The van der Waals surface area contributed by atoms with Crippen LogP contribution in [0.15, 0.2) is 78.4 Å². The van der Waals surface area contributed by atoms with Crippen molar-refractivity contribution in [2.24, 2.45) is 41.1 Å². The van der Waals surface area contributed by atoms with Gasteiger partial charge in [0.2, 0.25) is 82.7 Å². The number of aliphatic hydroxyl groups is 1. The van der Waals surface area contributed by atoms with E-state index in [9.17, 15) is 92.0 Å². The van der Waals surface area contributed by atoms with Crippen LogP contribution >= 0.6 is 25.3 Å². The van der Waals surface area contributed by atoms with Crippen molar-refractivity contribution in [3.63, 3.8) is 0 Å². The van der Waals surface area contributed by atoms with Crippen molar-refractivity contribution in [2.75, 3.05) is 24.6 Å². The zero-order valence-electron chi connectivity index (χ0n) is 64.1. The number of aromatic amines is 2. The molecule has 0 saturated heterocycles. The number of para-hydroxylation sites is 2. The minimum absolute atomic E-state index is 0.0383. The fourth-order valence-electron chi connectivity index (χ4n) is 11.9. The Labute approximate surface area is 666 Å². The first-order valence-corrected chi connectivity index (χ1v) is 37.7. The number of carboxylic acids is 2. The van der Waals surface area contributed by atoms with Crippen molar-refractivity contribution in [3.05, 3.63) is 90.3 Å². The summed E-state index contributed by atoms with van der Waals surface area (Å²) in [6.45, 7) is 9.36. The van der Waals surface area contributed by atoms with E-state index < -0.39 is 205 Å². The predicted octanol–water partition coefficient (Wildman–Crippen LogP) is -4.79. The van der Waals surface area contributed by atoms with Crippen molar-refractivity contribution in [1.29, 1.82) is 0 Å². The maximum Gasteiger partial charge on any atom is 0.328 e. The van der Waals surface area contributed by atoms with E-state index in [1.807, 2.05) is 0 Å². The number of carboxylic acid groups (broad SMARTS) is 2. The number of fused-ring (bicyclic) bond motifs is 2. The number of aliphatic hydroxyl groups excluding tert-OH is 1. The average Bonchev–Trinajstić information content (AvgIpc) is 1.65. The summed E-state index contributed by atoms with van der Waals surface area (Å²) in [5.41, 5.74) is 19.0. The molecule has 14 amide bonds. The van der Waals surface area contributed by atoms with Crippen molar-refractivity contribution in [3.8, 4) is 0 Å². The third-order valence-corrected chi connectivity index (χ3v) is 19.0. The average molecular weight is 1630 g/mol. The molecule has 0 saturated carbocycles. The normalized spacial score (nSPS) is 14.9. The molecule has 0 radical (unpaired) electrons. The zero-order valence-corrected chi connectivity index (χ0v) is 65.9. The standard InChI is InChI=1S/C72H103N21O19S2/c1-9-35(4)58(82-38(7)95)70(110)90-52(32-114)67(107)91-57(34(2)3)69(109)88-48(23-39-27-78-44-17-12-10-15-42(39)44)64(104)84-46(20-21-54(73)96)63(103)87-50(26-56(98)99)66(106)86-47(24-40-30-93(8)53-19-13-11-16-43(40)53)61(101)79-29-55(97)81-36(5)60(100)85-49(25-41-28-76-33-80-41)65(105)83-45(18-14-22-77-72(74)75)62(102)89-51(31-113)68(108)92-59(37(6)94)71(111)112/h10-13,15-17,19,27-28,30,33-37,45-52,57-59,78,94,113-114H,9,14,18,20-26,29,31-32H2,1-8H3,(H2,73,96)(H,76,80)(H,79,101)(H,81,97)(H,82,95)(H,83,105)(H,84,104)(H,85,100)(H,86,106)(H,87,103)(H,88,109)(H,89,102)(H,90,110)(H,91,107)(H,92,108)(H,98,99)(H,111,112)(H4,74,75,77)/t35-,36-,37+,45-,46-,47-,48-,49-,50-,51-,52-,57-,58-,59-/m0/s1. The molecule has 5 aromatic rings. The Morgan fingerprint density at radius 3 is 1.61 bits per heavy atom. The number of guanidine groups is 1. The first-order valence-electron chi connectivity index (χ1n) is 36.5. The van der Waals surface area contributed by atoms with Gasteiger partial charge in [0.15, 0.2) is 12.0 Å². The van der Waals surface area contributed by atoms with E-state index in [1.165, 1.54) is 26.4 Å². The fraction of sp³-hybridized carbons (Fsp3) is 0.500. The lowest BCUT2D eigenvalue weighted by atomic mass is 9.97. The van der Waals surface area contributed by atoms with Crippen LogP contribution in [-0.2, 0) is 103 Å². The second-order valence-electron chi connectivity index (χ2n) is 27.6. The number of aliphatic imine (C=N–C) groups is 1. The van der Waals surface area contributed by atoms with Crippen LogP contribution in [0.5, 0.6) is 0 Å². The quantitative estimate of drug-likeness (QED) is 0.00752. The number of imidazole rings is 1. The molecule has 0 fully saturated rings. The Hall–Kier alpha value is -11.8. The monoisotopic (exact) mass is 1630 g/mol. The summed E-state index contributed by atoms with van der Waals surface area (Å²) in [5.74, 6) is -18.8. The third-order valence-electron chi connectivity index (χ3n) is 18.2. The molecular formula is C72H103N21O19S2. The number of nitrogens with two attached hydrogens (primary N) is 3. The molecule has 3 heterocycles. The number of rotatable bonds is 47. The van der Waals surface area contributed by atoms with Crippen molar-refractivity contribution in [1.82, 2.24) is 88.6 Å². The number of carbonyl (C=O) groups is 16. The molecule has 0 aliphatic carbocycles. The second-order valence-corrected chi connectivity index (χ2v) is 28.3. The van der Waals surface area contributed by atoms with Crippen LogP contribution in [0, 0.1) is 11.8 Å². The molecule has 0 bridgehead atoms. The van der Waals surface area contributed by atoms with Crippen LogP contribution in [0.3, 0.4) is 0 Å². The molecule has 0 spiro atoms. The highest BCUT2D eigenvalue weighted by molar-refractivity contribution is 7.80. The van der Waals surface area contributed by atoms with Gasteiger partial charge in [0, 0.05) is 98.1 Å². The van der Waals surface area contributed by atoms with Crippen molar-refractivity contribution < 1.29 is 92.0 Å². The summed E-state index contributed by atoms with van der Waals surface area (Å²) >= 11 is 8.40. The first-order chi connectivity index (χ1) is 53.9. The molecule has 0 unspecified atom stereocenters. The van der Waals surface area contributed by atoms with Crippen LogP contribution in [0.1, 0.15) is 104 Å². The van der Waals surface area contributed by atoms with E-state index in [0.717, 1.165) is 6.92 Å². The molecular weight excluding hydrogens is 1530 g/mol. The number of nitrogens with one attached hydrogen (secondary N) is 15. The molecule has 5 rings (SSSR count). The molecule has 24 N–H and O–H groups in total. The van der Waals surface area contributed by atoms with Crippen LogP contribution in [0.4, 0.5) is 0 Å². The Balaban J connectivity index is 1.38. The Bertz CT molecular complexity index is 4280. The van der Waals surface area contributed by atoms with E-state index in [-0.39, 0.29) is 67.7 Å². The lowest BCUT2D eigenvalue weighted by Crippen LogP contribution is -2.61. The van der Waals surface area contributed by atoms with E-state index >= 15 is 0 Å². The van der Waals surface area contributed by atoms with Gasteiger partial charge in [-0.1, -0.05) is 70.5 Å². The number of carbonyl (C=O) groups excluding carboxylic acids is 14. The van der Waals surface area contributed by atoms with E-state index in [2.05, 4.69) is 114 Å². The van der Waals surface area contributed by atoms with Crippen molar-refractivity contribution in [2.45, 2.75) is 185 Å². The summed E-state index contributed by atoms with van der Waals surface area (Å²) in [6, 6.07) is -4.91. The summed E-state index contributed by atoms with van der Waals surface area (Å²) in [6.07, 6.45) is 1.44. The Morgan fingerprint density at radius 2 is 1.05 bits per heavy atom. The summed E-state index contributed by atoms with van der Waals surface area (Å²) in [5, 5.41) is 63.1. The van der Waals surface area contributed by atoms with Crippen LogP contribution < -0.4 is 86.3 Å². The molecule has 622 valence electrons. The SMILES string of the molecule is CC[C@H](C)[C@H](NC(C)=O)C(=O)N[C@@H](CS)C(=O)N[C@H](C(=O)N[C@@H](Cc1c[nH]c2ccccc12)C(=O)N[C@@H](CCC(N)=O)C(=O)N[C@@H](CC(=O)O)C(=O)N[C@@H](Cc1cn(C)c2ccccc12)C(=O)NCC(=O)N[C@@H](C)C(=O)N[C@@H](Cc1c[nH]cn1)C(=O)N[C@@H](CCCN=C(N)N)C(=O)N[C@@H](CS)C(=O)N[C@H](C(=O)O)[C@@H](C)O)C(C)C. The van der Waals surface area contributed by atoms with Gasteiger partial charge >= 0.3 is 11.9 Å². The number of nitrogens with zero attached hydrogens (tertiary/aromatic N) is 3. The Kier molecular flexibility index (Phi) is 36.6. The van der Waals surface area contributed by atoms with Gasteiger partial charge in [-0.15, -0.1) is 0 Å². The minimum atomic E-state index is -2.07. The van der Waals surface area contributed by atoms with Crippen LogP contribution in [0.2, 0.25) is 0 Å². The molecule has 0 aliphatic rings. The fourth-order valence-corrected chi connectivity index (χ4v) is 12.4. The molecule has 0 aliphatic heterocycles. The van der Waals surface area contributed by atoms with Gasteiger partial charge in [0.25, 0.3) is 0 Å². The summed E-state index contributed by atoms with van der Waals surface area (Å²) in [4.78, 5) is 232. The van der Waals surface area contributed by atoms with Gasteiger partial charge < -0.3 is 116 Å². The zero-order chi connectivity index (χ0) is 84.8. The summed E-state index contributed by atoms with van der Waals surface area (Å²) < 4.78 is 1.72. The maximum atomic E-state index is 14.9. The molecule has 42 heteroatoms. The van der Waals surface area contributed by atoms with Gasteiger partial charge in [0.1, 0.15) is 66.5 Å². The second kappa shape index (κ2) is 45.0. The van der Waals surface area contributed by atoms with E-state index in [4.69, 9.17) is 17.2 Å². The number of primary amides is 1. The number of aromatic nitrogens is 4. The summed E-state index contributed by atoms with van der Waals surface area (Å²) in [7, 11) is 1.70. The van der Waals surface area contributed by atoms with Gasteiger partial charge in [-0.05, 0) is 68.2 Å². The largest absolute Gasteiger partial charge is 0.481 e. The molecule has 3 aromatic heterocycles. The van der Waals surface area contributed by atoms with Crippen LogP contribution in [-0.4, -0.2) is 239 Å². The number of H-pyrrole nitrogens is 2. The highest BCUT2D eigenvalue weighted by Gasteiger charge is 2.39. The topological polar surface area (TPSA) is 630 Å². The smallest absolute Gasteiger partial charge is 0.328 e. The lowest BCUT2D eigenvalue weighted by molar-refractivity contribution is -0.145. The third kappa shape index (κ3) is 28.7. The van der Waals surface area contributed by atoms with Gasteiger partial charge in [-0.2, -0.15) is 25.3 Å². The van der Waals surface area contributed by atoms with Gasteiger partial charge in [-0.3, -0.25) is 76.9 Å². The highest BCUT2D eigenvalue weighted by atomic mass is 32.1. The highest BCUT2D eigenvalue weighted by Crippen LogP contribution is 2.23. The molecule has 14 atom stereocenters. The Morgan fingerprint density at radius 1 is 0.553 bits per heavy atom. The van der Waals surface area contributed by atoms with Gasteiger partial charge in [0.05, 0.1) is 31.1 Å². The molecule has 40 nitrogen and oxygen atoms in total. The van der Waals surface area contributed by atoms with Gasteiger partial charge in [-0.25, -0.2) is 9.78 Å². The minimum Gasteiger partial charge on any atom is -0.481 e. The number of aliphatic carboxylic acids is 2. The van der Waals surface area contributed by atoms with E-state index in [1.54, 1.807) is 100 Å². The lowest BCUT2D eigenvalue weighted by Gasteiger charge is -2.29. The predicted molar refractivity (Wildman–Crippen MR) is 420 cm³/mol. The number of aryl methyl sites for hydroxylation is 1. The maximum absolute atomic E-state index is 14.9. The number of hydrogen-bond donors (Lipinski definition) is 23. The number of amides is 14. The first kappa shape index (κ1) is 92.8. The van der Waals surface area contributed by atoms with Crippen LogP contribution in [0.25, 0.3) is 21.8 Å².